The van der Waals surface area contributed by atoms with E-state index in [4.69, 9.17) is 4.43 Å². The first-order valence-electron chi connectivity index (χ1n) is 14.6. The molecule has 3 amide bonds. The monoisotopic (exact) mass is 593 g/mol. The quantitative estimate of drug-likeness (QED) is 0.293. The minimum absolute atomic E-state index is 0.193. The van der Waals surface area contributed by atoms with Gasteiger partial charge in [-0.2, -0.15) is 0 Å². The molecule has 2 aromatic carbocycles. The van der Waals surface area contributed by atoms with Gasteiger partial charge in [0, 0.05) is 20.0 Å². The number of nitrogens with zero attached hydrogens (tertiary/aromatic N) is 2. The molecule has 0 saturated carbocycles. The summed E-state index contributed by atoms with van der Waals surface area (Å²) in [5.74, 6) is -1.08. The molecule has 0 aliphatic carbocycles. The van der Waals surface area contributed by atoms with Gasteiger partial charge >= 0.3 is 0 Å². The Balaban J connectivity index is 2.25. The molecule has 228 valence electrons. The van der Waals surface area contributed by atoms with Crippen molar-refractivity contribution >= 4 is 31.7 Å². The molecule has 0 aromatic heterocycles. The average molecular weight is 594 g/mol. The van der Waals surface area contributed by atoms with Crippen molar-refractivity contribution in [1.82, 2.24) is 15.1 Å². The van der Waals surface area contributed by atoms with Crippen LogP contribution in [0.5, 0.6) is 0 Å². The number of carbonyl (C=O) groups is 3. The minimum Gasteiger partial charge on any atom is -0.395 e. The van der Waals surface area contributed by atoms with Gasteiger partial charge in [0.15, 0.2) is 8.32 Å². The maximum Gasteiger partial charge on any atom is 0.250 e. The molecule has 0 radical (unpaired) electrons. The Morgan fingerprint density at radius 1 is 1.00 bits per heavy atom. The zero-order valence-electron chi connectivity index (χ0n) is 26.4. The molecule has 1 aliphatic heterocycles. The van der Waals surface area contributed by atoms with Crippen molar-refractivity contribution in [3.8, 4) is 0 Å². The van der Waals surface area contributed by atoms with Crippen LogP contribution in [0.15, 0.2) is 66.9 Å². The Morgan fingerprint density at radius 3 is 2.02 bits per heavy atom. The van der Waals surface area contributed by atoms with Crippen LogP contribution in [0.3, 0.4) is 0 Å². The fourth-order valence-electron chi connectivity index (χ4n) is 5.01. The fraction of sp³-hybridized carbons (Fsp3) is 0.485. The first-order chi connectivity index (χ1) is 19.5. The van der Waals surface area contributed by atoms with Crippen LogP contribution < -0.4 is 5.32 Å². The number of hydrogen-bond donors (Lipinski definition) is 2. The van der Waals surface area contributed by atoms with Crippen molar-refractivity contribution in [3.63, 3.8) is 0 Å². The van der Waals surface area contributed by atoms with Crippen molar-refractivity contribution in [2.75, 3.05) is 0 Å². The second-order valence-corrected chi connectivity index (χ2v) is 17.7. The zero-order valence-corrected chi connectivity index (χ0v) is 27.4. The molecule has 4 atom stereocenters. The van der Waals surface area contributed by atoms with Gasteiger partial charge in [0.2, 0.25) is 11.8 Å². The molecule has 0 bridgehead atoms. The first kappa shape index (κ1) is 33.2. The average Bonchev–Trinajstić information content (AvgIpc) is 2.90. The maximum absolute atomic E-state index is 14.6. The topological polar surface area (TPSA) is 99.2 Å². The maximum atomic E-state index is 14.6. The molecule has 1 heterocycles. The highest BCUT2D eigenvalue weighted by Gasteiger charge is 2.48. The van der Waals surface area contributed by atoms with Crippen LogP contribution >= 0.6 is 0 Å². The van der Waals surface area contributed by atoms with Crippen LogP contribution in [0.1, 0.15) is 59.6 Å². The summed E-state index contributed by atoms with van der Waals surface area (Å²) in [4.78, 5) is 42.9. The number of carbonyl (C=O) groups excluding carboxylic acids is 3. The molecule has 2 unspecified atom stereocenters. The Bertz CT molecular complexity index is 1270. The molecule has 0 spiro atoms. The summed E-state index contributed by atoms with van der Waals surface area (Å²) in [5, 5.41) is 14.9. The van der Waals surface area contributed by atoms with E-state index in [0.29, 0.717) is 12.1 Å². The van der Waals surface area contributed by atoms with Gasteiger partial charge in [-0.05, 0) is 41.6 Å². The van der Waals surface area contributed by atoms with Crippen LogP contribution in [-0.4, -0.2) is 65.4 Å². The third kappa shape index (κ3) is 7.56. The highest BCUT2D eigenvalue weighted by molar-refractivity contribution is 6.74. The van der Waals surface area contributed by atoms with Gasteiger partial charge < -0.3 is 24.6 Å². The summed E-state index contributed by atoms with van der Waals surface area (Å²) in [6, 6.07) is 17.4. The summed E-state index contributed by atoms with van der Waals surface area (Å²) in [7, 11) is -2.49. The fourth-order valence-corrected chi connectivity index (χ4v) is 6.20. The lowest BCUT2D eigenvalue weighted by molar-refractivity contribution is -0.148. The molecular formula is C33H47N3O5Si. The van der Waals surface area contributed by atoms with E-state index in [-0.39, 0.29) is 28.7 Å². The molecule has 0 saturated heterocycles. The largest absolute Gasteiger partial charge is 0.395 e. The van der Waals surface area contributed by atoms with Gasteiger partial charge in [0.05, 0.1) is 11.7 Å². The third-order valence-corrected chi connectivity index (χ3v) is 12.7. The second-order valence-electron chi connectivity index (χ2n) is 13.0. The lowest BCUT2D eigenvalue weighted by atomic mass is 9.91. The van der Waals surface area contributed by atoms with E-state index in [1.807, 2.05) is 74.5 Å². The van der Waals surface area contributed by atoms with Gasteiger partial charge in [0.25, 0.3) is 5.91 Å². The molecule has 0 fully saturated rings. The molecule has 2 aromatic rings. The zero-order chi connectivity index (χ0) is 31.4. The van der Waals surface area contributed by atoms with Crippen molar-refractivity contribution < 1.29 is 23.9 Å². The lowest BCUT2D eigenvalue weighted by Gasteiger charge is -2.47. The Kier molecular flexibility index (Phi) is 10.6. The number of amides is 3. The van der Waals surface area contributed by atoms with Crippen molar-refractivity contribution in [3.05, 3.63) is 78.0 Å². The van der Waals surface area contributed by atoms with Gasteiger partial charge in [-0.3, -0.25) is 14.4 Å². The standard InChI is InChI=1S/C33H47N3O5Si/c1-22(2)29-32(40)36(28(21-35(29)24(4)38)26-18-14-11-15-19-26)27(20-25-16-12-10-13-17-25)30(39)31(34-23(3)37)41-42(8,9)33(5,6)7/h10-19,21-22,27,29-31,39H,20H2,1-9H3,(H,34,37)/t27-,29+,30?,31?/m0/s1. The SMILES string of the molecule is CC(=O)NC(O[Si](C)(C)C(C)(C)C)C(O)[C@H](Cc1ccccc1)N1C(=O)[C@@H](C(C)C)N(C(C)=O)C=C1c1ccccc1. The minimum atomic E-state index is -2.49. The normalized spacial score (nSPS) is 18.4. The van der Waals surface area contributed by atoms with Gasteiger partial charge in [-0.25, -0.2) is 0 Å². The molecule has 2 N–H and O–H groups in total. The third-order valence-electron chi connectivity index (χ3n) is 8.27. The summed E-state index contributed by atoms with van der Waals surface area (Å²) in [6.45, 7) is 17.0. The van der Waals surface area contributed by atoms with E-state index < -0.39 is 32.7 Å². The predicted molar refractivity (Wildman–Crippen MR) is 168 cm³/mol. The van der Waals surface area contributed by atoms with E-state index in [1.54, 1.807) is 11.1 Å². The molecule has 8 nitrogen and oxygen atoms in total. The van der Waals surface area contributed by atoms with E-state index in [0.717, 1.165) is 11.1 Å². The number of rotatable bonds is 10. The van der Waals surface area contributed by atoms with Crippen LogP contribution in [0.4, 0.5) is 0 Å². The molecule has 42 heavy (non-hydrogen) atoms. The van der Waals surface area contributed by atoms with E-state index in [9.17, 15) is 19.5 Å². The van der Waals surface area contributed by atoms with Crippen molar-refractivity contribution in [1.29, 1.82) is 0 Å². The summed E-state index contributed by atoms with van der Waals surface area (Å²) >= 11 is 0. The van der Waals surface area contributed by atoms with E-state index in [2.05, 4.69) is 39.2 Å². The van der Waals surface area contributed by atoms with Crippen LogP contribution in [0.25, 0.3) is 5.70 Å². The van der Waals surface area contributed by atoms with Crippen LogP contribution in [0, 0.1) is 5.92 Å². The Hall–Kier alpha value is -3.27. The van der Waals surface area contributed by atoms with E-state index >= 15 is 0 Å². The Morgan fingerprint density at radius 2 is 1.55 bits per heavy atom. The van der Waals surface area contributed by atoms with Gasteiger partial charge in [0.1, 0.15) is 18.4 Å². The van der Waals surface area contributed by atoms with Crippen molar-refractivity contribution in [2.24, 2.45) is 5.92 Å². The molecule has 9 heteroatoms. The van der Waals surface area contributed by atoms with Gasteiger partial charge in [-0.1, -0.05) is 95.3 Å². The summed E-state index contributed by atoms with van der Waals surface area (Å²) in [6.07, 6.45) is -0.350. The smallest absolute Gasteiger partial charge is 0.250 e. The summed E-state index contributed by atoms with van der Waals surface area (Å²) in [5.41, 5.74) is 2.14. The summed E-state index contributed by atoms with van der Waals surface area (Å²) < 4.78 is 6.63. The number of aliphatic hydroxyl groups excluding tert-OH is 1. The van der Waals surface area contributed by atoms with Gasteiger partial charge in [-0.15, -0.1) is 0 Å². The number of benzene rings is 2. The number of nitrogens with one attached hydrogen (secondary N) is 1. The predicted octanol–water partition coefficient (Wildman–Crippen LogP) is 5.16. The van der Waals surface area contributed by atoms with E-state index in [1.165, 1.54) is 18.7 Å². The van der Waals surface area contributed by atoms with Crippen molar-refractivity contribution in [2.45, 2.75) is 97.4 Å². The Labute approximate surface area is 251 Å². The molecular weight excluding hydrogens is 546 g/mol. The number of hydrogen-bond acceptors (Lipinski definition) is 5. The highest BCUT2D eigenvalue weighted by Crippen LogP contribution is 2.39. The molecule has 3 rings (SSSR count). The first-order valence-corrected chi connectivity index (χ1v) is 17.5. The molecule has 1 aliphatic rings. The second kappa shape index (κ2) is 13.4. The van der Waals surface area contributed by atoms with Crippen LogP contribution in [-0.2, 0) is 25.2 Å². The number of aliphatic hydroxyl groups is 1. The highest BCUT2D eigenvalue weighted by atomic mass is 28.4. The lowest BCUT2D eigenvalue weighted by Crippen LogP contribution is -2.63. The van der Waals surface area contributed by atoms with Crippen LogP contribution in [0.2, 0.25) is 18.1 Å².